The molecule has 222 valence electrons. The number of hydrogen-bond donors (Lipinski definition) is 0. The molecule has 0 spiro atoms. The second-order valence-corrected chi connectivity index (χ2v) is 12.2. The Morgan fingerprint density at radius 3 is 2.59 bits per heavy atom. The summed E-state index contributed by atoms with van der Waals surface area (Å²) in [5.74, 6) is 0.515. The molecule has 0 bridgehead atoms. The van der Waals surface area contributed by atoms with Crippen LogP contribution in [0.15, 0.2) is 106 Å². The van der Waals surface area contributed by atoms with Gasteiger partial charge in [-0.15, -0.1) is 11.3 Å². The van der Waals surface area contributed by atoms with Crippen LogP contribution in [0.25, 0.3) is 11.8 Å². The van der Waals surface area contributed by atoms with E-state index in [2.05, 4.69) is 0 Å². The molecule has 1 aliphatic heterocycles. The molecule has 0 amide bonds. The molecule has 0 radical (unpaired) electrons. The van der Waals surface area contributed by atoms with E-state index in [0.29, 0.717) is 42.7 Å². The lowest BCUT2D eigenvalue weighted by Crippen LogP contribution is -2.39. The Labute approximate surface area is 266 Å². The van der Waals surface area contributed by atoms with Crippen molar-refractivity contribution in [1.29, 1.82) is 0 Å². The number of para-hydroxylation sites is 1. The van der Waals surface area contributed by atoms with Crippen molar-refractivity contribution >= 4 is 52.0 Å². The first-order chi connectivity index (χ1) is 21.5. The van der Waals surface area contributed by atoms with Gasteiger partial charge in [0.1, 0.15) is 12.6 Å². The Kier molecular flexibility index (Phi) is 8.79. The molecule has 0 saturated heterocycles. The number of ether oxygens (including phenoxy) is 3. The van der Waals surface area contributed by atoms with E-state index in [9.17, 15) is 9.59 Å². The minimum absolute atomic E-state index is 0.194. The minimum atomic E-state index is -0.702. The van der Waals surface area contributed by atoms with E-state index >= 15 is 0 Å². The van der Waals surface area contributed by atoms with Crippen LogP contribution in [0.4, 0.5) is 0 Å². The maximum atomic E-state index is 14.2. The Hall–Kier alpha value is -4.44. The molecule has 3 aromatic carbocycles. The number of methoxy groups -OCH3 is 1. The number of thiazole rings is 1. The predicted molar refractivity (Wildman–Crippen MR) is 174 cm³/mol. The molecule has 0 aliphatic carbocycles. The van der Waals surface area contributed by atoms with E-state index in [4.69, 9.17) is 30.8 Å². The highest BCUT2D eigenvalue weighted by atomic mass is 35.5. The maximum Gasteiger partial charge on any atom is 0.338 e. The first kappa shape index (κ1) is 29.6. The van der Waals surface area contributed by atoms with Gasteiger partial charge in [-0.25, -0.2) is 9.79 Å². The fourth-order valence-electron chi connectivity index (χ4n) is 5.04. The van der Waals surface area contributed by atoms with Crippen molar-refractivity contribution < 1.29 is 19.0 Å². The summed E-state index contributed by atoms with van der Waals surface area (Å²) in [6, 6.07) is 25.6. The lowest BCUT2D eigenvalue weighted by atomic mass is 9.97. The molecule has 0 unspecified atom stereocenters. The van der Waals surface area contributed by atoms with Gasteiger partial charge in [0.15, 0.2) is 16.3 Å². The van der Waals surface area contributed by atoms with E-state index in [-0.39, 0.29) is 18.8 Å². The minimum Gasteiger partial charge on any atom is -0.493 e. The van der Waals surface area contributed by atoms with E-state index in [0.717, 1.165) is 16.0 Å². The first-order valence-corrected chi connectivity index (χ1v) is 15.9. The topological polar surface area (TPSA) is 79.1 Å². The van der Waals surface area contributed by atoms with Crippen molar-refractivity contribution in [3.63, 3.8) is 0 Å². The van der Waals surface area contributed by atoms with Crippen LogP contribution >= 0.6 is 34.3 Å². The predicted octanol–water partition coefficient (Wildman–Crippen LogP) is 6.24. The lowest BCUT2D eigenvalue weighted by molar-refractivity contribution is -0.138. The summed E-state index contributed by atoms with van der Waals surface area (Å²) in [6.07, 6.45) is 1.78. The monoisotopic (exact) mass is 642 g/mol. The van der Waals surface area contributed by atoms with Crippen molar-refractivity contribution in [1.82, 2.24) is 4.57 Å². The second kappa shape index (κ2) is 13.1. The van der Waals surface area contributed by atoms with Crippen molar-refractivity contribution in [2.45, 2.75) is 19.6 Å². The molecule has 10 heteroatoms. The van der Waals surface area contributed by atoms with E-state index in [1.54, 1.807) is 36.8 Å². The summed E-state index contributed by atoms with van der Waals surface area (Å²) in [6.45, 7) is 2.21. The molecule has 1 aliphatic rings. The number of benzene rings is 3. The molecule has 44 heavy (non-hydrogen) atoms. The molecule has 5 aromatic rings. The van der Waals surface area contributed by atoms with Crippen LogP contribution in [0.2, 0.25) is 5.02 Å². The van der Waals surface area contributed by atoms with Crippen LogP contribution in [0.5, 0.6) is 11.5 Å². The average molecular weight is 643 g/mol. The van der Waals surface area contributed by atoms with Gasteiger partial charge >= 0.3 is 5.97 Å². The second-order valence-electron chi connectivity index (χ2n) is 9.74. The zero-order chi connectivity index (χ0) is 30.6. The van der Waals surface area contributed by atoms with E-state index in [1.165, 1.54) is 22.7 Å². The molecule has 7 nitrogen and oxygen atoms in total. The van der Waals surface area contributed by atoms with Crippen LogP contribution < -0.4 is 24.4 Å². The van der Waals surface area contributed by atoms with Gasteiger partial charge in [-0.05, 0) is 48.2 Å². The molecular formula is C34H27ClN2O5S2. The Morgan fingerprint density at radius 2 is 1.86 bits per heavy atom. The number of carbonyl (C=O) groups is 1. The number of esters is 1. The third-order valence-corrected chi connectivity index (χ3v) is 9.12. The molecule has 3 heterocycles. The zero-order valence-electron chi connectivity index (χ0n) is 23.9. The molecule has 0 N–H and O–H groups in total. The lowest BCUT2D eigenvalue weighted by Gasteiger charge is -2.24. The van der Waals surface area contributed by atoms with E-state index < -0.39 is 12.0 Å². The number of fused-ring (bicyclic) bond motifs is 1. The zero-order valence-corrected chi connectivity index (χ0v) is 26.2. The third kappa shape index (κ3) is 5.86. The van der Waals surface area contributed by atoms with Crippen molar-refractivity contribution in [3.8, 4) is 11.5 Å². The van der Waals surface area contributed by atoms with Crippen LogP contribution in [-0.4, -0.2) is 24.3 Å². The largest absolute Gasteiger partial charge is 0.493 e. The van der Waals surface area contributed by atoms with Gasteiger partial charge < -0.3 is 14.2 Å². The molecule has 2 aromatic heterocycles. The third-order valence-electron chi connectivity index (χ3n) is 6.97. The number of halogens is 1. The summed E-state index contributed by atoms with van der Waals surface area (Å²) < 4.78 is 19.4. The highest BCUT2D eigenvalue weighted by Crippen LogP contribution is 2.37. The summed E-state index contributed by atoms with van der Waals surface area (Å²) in [7, 11) is 1.57. The van der Waals surface area contributed by atoms with Gasteiger partial charge in [-0.2, -0.15) is 0 Å². The number of thiophene rings is 1. The summed E-state index contributed by atoms with van der Waals surface area (Å²) in [4.78, 5) is 34.0. The highest BCUT2D eigenvalue weighted by molar-refractivity contribution is 7.10. The van der Waals surface area contributed by atoms with E-state index in [1.807, 2.05) is 78.2 Å². The number of carbonyl (C=O) groups excluding carboxylic acids is 1. The first-order valence-electron chi connectivity index (χ1n) is 13.8. The number of hydrogen-bond acceptors (Lipinski definition) is 8. The van der Waals surface area contributed by atoms with Crippen LogP contribution in [0, 0.1) is 0 Å². The van der Waals surface area contributed by atoms with Crippen molar-refractivity contribution in [3.05, 3.63) is 142 Å². The summed E-state index contributed by atoms with van der Waals surface area (Å²) >= 11 is 8.90. The fraction of sp³-hybridized carbons (Fsp3) is 0.147. The molecule has 0 saturated carbocycles. The average Bonchev–Trinajstić information content (AvgIpc) is 3.68. The highest BCUT2D eigenvalue weighted by Gasteiger charge is 2.35. The van der Waals surface area contributed by atoms with Gasteiger partial charge in [0.2, 0.25) is 0 Å². The van der Waals surface area contributed by atoms with Gasteiger partial charge in [0, 0.05) is 21.0 Å². The van der Waals surface area contributed by atoms with Gasteiger partial charge in [0.25, 0.3) is 5.56 Å². The number of aromatic nitrogens is 1. The standard InChI is InChI=1S/C34H27ClN2O5S2/c1-3-41-33(39)28-29(22-11-5-4-6-12-22)36-34-37(30(28)26-16-9-17-43-26)32(38)27(44-34)19-23-13-8-15-25(40-2)31(23)42-20-21-10-7-14-24(35)18-21/h4-19,30H,3,20H2,1-2H3/b27-19-/t30-/m1/s1. The number of rotatable bonds is 9. The SMILES string of the molecule is CCOC(=O)C1=C(c2ccccc2)N=c2s/c(=C\c3cccc(OC)c3OCc3cccc(Cl)c3)c(=O)n2[C@@H]1c1cccs1. The maximum absolute atomic E-state index is 14.2. The normalized spacial score (nSPS) is 14.6. The Balaban J connectivity index is 1.53. The number of nitrogens with zero attached hydrogens (tertiary/aromatic N) is 2. The quantitative estimate of drug-likeness (QED) is 0.178. The summed E-state index contributed by atoms with van der Waals surface area (Å²) in [5.41, 5.74) is 2.86. The molecular weight excluding hydrogens is 616 g/mol. The van der Waals surface area contributed by atoms with Crippen LogP contribution in [0.1, 0.15) is 34.5 Å². The van der Waals surface area contributed by atoms with Gasteiger partial charge in [-0.1, -0.05) is 83.6 Å². The Bertz CT molecular complexity index is 2030. The fourth-order valence-corrected chi connectivity index (χ4v) is 7.07. The molecule has 0 fully saturated rings. The van der Waals surface area contributed by atoms with Gasteiger partial charge in [-0.3, -0.25) is 9.36 Å². The van der Waals surface area contributed by atoms with Crippen LogP contribution in [-0.2, 0) is 16.1 Å². The molecule has 1 atom stereocenters. The van der Waals surface area contributed by atoms with Gasteiger partial charge in [0.05, 0.1) is 29.5 Å². The Morgan fingerprint density at radius 1 is 1.05 bits per heavy atom. The smallest absolute Gasteiger partial charge is 0.338 e. The van der Waals surface area contributed by atoms with Crippen molar-refractivity contribution in [2.75, 3.05) is 13.7 Å². The molecule has 6 rings (SSSR count). The van der Waals surface area contributed by atoms with Crippen molar-refractivity contribution in [2.24, 2.45) is 4.99 Å². The van der Waals surface area contributed by atoms with Crippen LogP contribution in [0.3, 0.4) is 0 Å². The summed E-state index contributed by atoms with van der Waals surface area (Å²) in [5, 5.41) is 2.54.